The molecular formula is C20H38. The maximum Gasteiger partial charge on any atom is -0.0346 e. The highest BCUT2D eigenvalue weighted by molar-refractivity contribution is 4.93. The molecule has 0 nitrogen and oxygen atoms in total. The van der Waals surface area contributed by atoms with E-state index in [1.807, 2.05) is 0 Å². The molecule has 0 aromatic heterocycles. The van der Waals surface area contributed by atoms with Gasteiger partial charge in [0.25, 0.3) is 0 Å². The van der Waals surface area contributed by atoms with Gasteiger partial charge in [-0.3, -0.25) is 0 Å². The minimum Gasteiger partial charge on any atom is -0.0859 e. The smallest absolute Gasteiger partial charge is 0.0346 e. The molecule has 20 heavy (non-hydrogen) atoms. The topological polar surface area (TPSA) is 0 Å². The van der Waals surface area contributed by atoms with Gasteiger partial charge in [-0.2, -0.15) is 0 Å². The maximum atomic E-state index is 2.41. The molecule has 0 heterocycles. The SMILES string of the molecule is CC(C)=CCCC(C)CCCCC(C)CCC=C(C)C. The second-order valence-corrected chi connectivity index (χ2v) is 7.21. The fourth-order valence-corrected chi connectivity index (χ4v) is 2.59. The summed E-state index contributed by atoms with van der Waals surface area (Å²) >= 11 is 0. The van der Waals surface area contributed by atoms with E-state index in [0.717, 1.165) is 11.8 Å². The maximum absolute atomic E-state index is 2.41. The quantitative estimate of drug-likeness (QED) is 0.274. The fourth-order valence-electron chi connectivity index (χ4n) is 2.59. The molecule has 0 bridgehead atoms. The Morgan fingerprint density at radius 2 is 1.00 bits per heavy atom. The second kappa shape index (κ2) is 12.2. The molecule has 0 aliphatic rings. The zero-order valence-electron chi connectivity index (χ0n) is 15.0. The molecule has 0 N–H and O–H groups in total. The van der Waals surface area contributed by atoms with Crippen LogP contribution in [0.1, 0.15) is 92.9 Å². The molecule has 0 fully saturated rings. The molecule has 0 saturated heterocycles. The molecule has 2 atom stereocenters. The summed E-state index contributed by atoms with van der Waals surface area (Å²) in [5.41, 5.74) is 2.92. The summed E-state index contributed by atoms with van der Waals surface area (Å²) in [6.07, 6.45) is 15.7. The van der Waals surface area contributed by atoms with Gasteiger partial charge >= 0.3 is 0 Å². The summed E-state index contributed by atoms with van der Waals surface area (Å²) in [6.45, 7) is 13.6. The van der Waals surface area contributed by atoms with E-state index in [9.17, 15) is 0 Å². The van der Waals surface area contributed by atoms with Crippen LogP contribution >= 0.6 is 0 Å². The molecule has 0 radical (unpaired) electrons. The fraction of sp³-hybridized carbons (Fsp3) is 0.800. The Kier molecular flexibility index (Phi) is 11.9. The van der Waals surface area contributed by atoms with E-state index in [1.165, 1.54) is 62.5 Å². The van der Waals surface area contributed by atoms with Gasteiger partial charge in [0.2, 0.25) is 0 Å². The van der Waals surface area contributed by atoms with Crippen molar-refractivity contribution in [1.82, 2.24) is 0 Å². The first kappa shape index (κ1) is 19.5. The lowest BCUT2D eigenvalue weighted by Crippen LogP contribution is -1.97. The lowest BCUT2D eigenvalue weighted by Gasteiger charge is -2.12. The molecule has 0 heteroatoms. The van der Waals surface area contributed by atoms with Crippen molar-refractivity contribution in [2.24, 2.45) is 11.8 Å². The van der Waals surface area contributed by atoms with E-state index in [-0.39, 0.29) is 0 Å². The molecule has 0 aromatic carbocycles. The second-order valence-electron chi connectivity index (χ2n) is 7.21. The van der Waals surface area contributed by atoms with Gasteiger partial charge in [-0.15, -0.1) is 0 Å². The van der Waals surface area contributed by atoms with Crippen molar-refractivity contribution >= 4 is 0 Å². The molecule has 118 valence electrons. The summed E-state index contributed by atoms with van der Waals surface area (Å²) in [5.74, 6) is 1.79. The summed E-state index contributed by atoms with van der Waals surface area (Å²) < 4.78 is 0. The predicted octanol–water partition coefficient (Wildman–Crippen LogP) is 7.31. The standard InChI is InChI=1S/C20H38/c1-17(2)11-9-15-19(5)13-7-8-14-20(6)16-10-12-18(3)4/h11-12,19-20H,7-10,13-16H2,1-6H3. The van der Waals surface area contributed by atoms with Crippen LogP contribution in [-0.2, 0) is 0 Å². The predicted molar refractivity (Wildman–Crippen MR) is 94.1 cm³/mol. The van der Waals surface area contributed by atoms with Crippen LogP contribution in [0.25, 0.3) is 0 Å². The van der Waals surface area contributed by atoms with Crippen LogP contribution in [0.5, 0.6) is 0 Å². The number of rotatable bonds is 11. The largest absolute Gasteiger partial charge is 0.0859 e. The third kappa shape index (κ3) is 13.9. The van der Waals surface area contributed by atoms with Crippen LogP contribution in [-0.4, -0.2) is 0 Å². The van der Waals surface area contributed by atoms with Crippen molar-refractivity contribution in [3.8, 4) is 0 Å². The van der Waals surface area contributed by atoms with E-state index < -0.39 is 0 Å². The van der Waals surface area contributed by atoms with E-state index in [0.29, 0.717) is 0 Å². The van der Waals surface area contributed by atoms with Gasteiger partial charge < -0.3 is 0 Å². The molecule has 0 aromatic rings. The Morgan fingerprint density at radius 3 is 1.30 bits per heavy atom. The van der Waals surface area contributed by atoms with E-state index in [1.54, 1.807) is 0 Å². The lowest BCUT2D eigenvalue weighted by atomic mass is 9.94. The zero-order valence-corrected chi connectivity index (χ0v) is 15.0. The van der Waals surface area contributed by atoms with Gasteiger partial charge in [0.15, 0.2) is 0 Å². The number of hydrogen-bond acceptors (Lipinski definition) is 0. The summed E-state index contributed by atoms with van der Waals surface area (Å²) in [6, 6.07) is 0. The molecule has 0 rings (SSSR count). The molecule has 2 unspecified atom stereocenters. The van der Waals surface area contributed by atoms with Gasteiger partial charge in [0.05, 0.1) is 0 Å². The Labute approximate surface area is 128 Å². The highest BCUT2D eigenvalue weighted by Gasteiger charge is 2.04. The Bertz CT molecular complexity index is 244. The number of allylic oxidation sites excluding steroid dienone is 4. The normalized spacial score (nSPS) is 13.7. The average molecular weight is 279 g/mol. The van der Waals surface area contributed by atoms with Crippen LogP contribution in [0, 0.1) is 11.8 Å². The average Bonchev–Trinajstić information content (AvgIpc) is 2.33. The van der Waals surface area contributed by atoms with Crippen molar-refractivity contribution in [3.05, 3.63) is 23.3 Å². The molecule has 0 amide bonds. The third-order valence-corrected chi connectivity index (χ3v) is 4.07. The summed E-state index contributed by atoms with van der Waals surface area (Å²) in [5, 5.41) is 0. The lowest BCUT2D eigenvalue weighted by molar-refractivity contribution is 0.423. The van der Waals surface area contributed by atoms with Crippen molar-refractivity contribution < 1.29 is 0 Å². The van der Waals surface area contributed by atoms with Crippen LogP contribution in [0.3, 0.4) is 0 Å². The molecular weight excluding hydrogens is 240 g/mol. The molecule has 0 aliphatic carbocycles. The van der Waals surface area contributed by atoms with Gasteiger partial charge in [-0.05, 0) is 65.2 Å². The van der Waals surface area contributed by atoms with E-state index in [2.05, 4.69) is 53.7 Å². The van der Waals surface area contributed by atoms with Crippen LogP contribution in [0.4, 0.5) is 0 Å². The first-order valence-corrected chi connectivity index (χ1v) is 8.68. The van der Waals surface area contributed by atoms with E-state index in [4.69, 9.17) is 0 Å². The van der Waals surface area contributed by atoms with Gasteiger partial charge in [0, 0.05) is 0 Å². The highest BCUT2D eigenvalue weighted by atomic mass is 14.1. The van der Waals surface area contributed by atoms with Crippen molar-refractivity contribution in [1.29, 1.82) is 0 Å². The molecule has 0 saturated carbocycles. The van der Waals surface area contributed by atoms with Crippen molar-refractivity contribution in [2.45, 2.75) is 92.9 Å². The zero-order chi connectivity index (χ0) is 15.4. The third-order valence-electron chi connectivity index (χ3n) is 4.07. The Balaban J connectivity index is 3.50. The highest BCUT2D eigenvalue weighted by Crippen LogP contribution is 2.19. The monoisotopic (exact) mass is 278 g/mol. The van der Waals surface area contributed by atoms with Crippen molar-refractivity contribution in [2.75, 3.05) is 0 Å². The summed E-state index contributed by atoms with van der Waals surface area (Å²) in [7, 11) is 0. The minimum absolute atomic E-state index is 0.895. The van der Waals surface area contributed by atoms with Gasteiger partial charge in [-0.1, -0.05) is 62.8 Å². The first-order chi connectivity index (χ1) is 9.41. The summed E-state index contributed by atoms with van der Waals surface area (Å²) in [4.78, 5) is 0. The van der Waals surface area contributed by atoms with Crippen LogP contribution < -0.4 is 0 Å². The van der Waals surface area contributed by atoms with E-state index >= 15 is 0 Å². The van der Waals surface area contributed by atoms with Crippen LogP contribution in [0.2, 0.25) is 0 Å². The molecule has 0 spiro atoms. The Morgan fingerprint density at radius 1 is 0.650 bits per heavy atom. The van der Waals surface area contributed by atoms with Crippen molar-refractivity contribution in [3.63, 3.8) is 0 Å². The molecule has 0 aliphatic heterocycles. The minimum atomic E-state index is 0.895. The van der Waals surface area contributed by atoms with Gasteiger partial charge in [-0.25, -0.2) is 0 Å². The number of unbranched alkanes of at least 4 members (excludes halogenated alkanes) is 1. The first-order valence-electron chi connectivity index (χ1n) is 8.68. The van der Waals surface area contributed by atoms with Gasteiger partial charge in [0.1, 0.15) is 0 Å². The van der Waals surface area contributed by atoms with Crippen LogP contribution in [0.15, 0.2) is 23.3 Å². The Hall–Kier alpha value is -0.520. The number of hydrogen-bond donors (Lipinski definition) is 0.